The number of sulfone groups is 1. The monoisotopic (exact) mass is 259 g/mol. The predicted molar refractivity (Wildman–Crippen MR) is 65.9 cm³/mol. The van der Waals surface area contributed by atoms with E-state index in [0.29, 0.717) is 10.9 Å². The highest BCUT2D eigenvalue weighted by molar-refractivity contribution is 7.91. The van der Waals surface area contributed by atoms with Gasteiger partial charge in [-0.2, -0.15) is 0 Å². The highest BCUT2D eigenvalue weighted by Gasteiger charge is 2.25. The Morgan fingerprint density at radius 3 is 2.33 bits per heavy atom. The number of rotatable bonds is 2. The maximum absolute atomic E-state index is 12.4. The van der Waals surface area contributed by atoms with Crippen LogP contribution in [0.3, 0.4) is 0 Å². The van der Waals surface area contributed by atoms with Gasteiger partial charge >= 0.3 is 0 Å². The first kappa shape index (κ1) is 11.0. The molecule has 0 fully saturated rings. The summed E-state index contributed by atoms with van der Waals surface area (Å²) < 4.78 is 29.7. The molecule has 0 saturated carbocycles. The number of benzene rings is 2. The SMILES string of the molecule is O=S(=O)(c1ccccc1)c1onc2ccccc12. The van der Waals surface area contributed by atoms with Crippen LogP contribution in [-0.4, -0.2) is 13.6 Å². The van der Waals surface area contributed by atoms with Crippen LogP contribution in [0.4, 0.5) is 0 Å². The first-order valence-corrected chi connectivity index (χ1v) is 6.82. The average Bonchev–Trinajstić information content (AvgIpc) is 2.84. The summed E-state index contributed by atoms with van der Waals surface area (Å²) in [5.41, 5.74) is 0.534. The number of hydrogen-bond acceptors (Lipinski definition) is 4. The predicted octanol–water partition coefficient (Wildman–Crippen LogP) is 2.66. The van der Waals surface area contributed by atoms with Crippen LogP contribution in [0.5, 0.6) is 0 Å². The molecule has 3 aromatic rings. The van der Waals surface area contributed by atoms with Gasteiger partial charge in [-0.15, -0.1) is 0 Å². The zero-order valence-electron chi connectivity index (χ0n) is 9.28. The lowest BCUT2D eigenvalue weighted by atomic mass is 10.3. The summed E-state index contributed by atoms with van der Waals surface area (Å²) in [7, 11) is -3.65. The topological polar surface area (TPSA) is 60.2 Å². The molecule has 0 spiro atoms. The Bertz CT molecular complexity index is 791. The second-order valence-electron chi connectivity index (χ2n) is 3.80. The molecule has 3 rings (SSSR count). The highest BCUT2D eigenvalue weighted by Crippen LogP contribution is 2.27. The number of fused-ring (bicyclic) bond motifs is 1. The Balaban J connectivity index is 2.27. The lowest BCUT2D eigenvalue weighted by Gasteiger charge is -1.99. The summed E-state index contributed by atoms with van der Waals surface area (Å²) in [6.45, 7) is 0. The zero-order chi connectivity index (χ0) is 12.6. The number of aromatic nitrogens is 1. The Morgan fingerprint density at radius 1 is 0.889 bits per heavy atom. The summed E-state index contributed by atoms with van der Waals surface area (Å²) in [5.74, 6) is 0. The van der Waals surface area contributed by atoms with Gasteiger partial charge in [-0.1, -0.05) is 35.5 Å². The van der Waals surface area contributed by atoms with E-state index in [9.17, 15) is 8.42 Å². The van der Waals surface area contributed by atoms with E-state index in [1.165, 1.54) is 12.1 Å². The van der Waals surface area contributed by atoms with Gasteiger partial charge in [0.25, 0.3) is 5.09 Å². The van der Waals surface area contributed by atoms with E-state index in [0.717, 1.165) is 0 Å². The van der Waals surface area contributed by atoms with E-state index in [1.54, 1.807) is 42.5 Å². The molecule has 0 bridgehead atoms. The van der Waals surface area contributed by atoms with Gasteiger partial charge in [0.05, 0.1) is 10.3 Å². The van der Waals surface area contributed by atoms with Gasteiger partial charge in [0.2, 0.25) is 9.84 Å². The maximum Gasteiger partial charge on any atom is 0.263 e. The Labute approximate surface area is 104 Å². The van der Waals surface area contributed by atoms with Gasteiger partial charge in [0, 0.05) is 0 Å². The first-order valence-electron chi connectivity index (χ1n) is 5.34. The molecule has 1 heterocycles. The van der Waals surface area contributed by atoms with Crippen LogP contribution < -0.4 is 0 Å². The van der Waals surface area contributed by atoms with Gasteiger partial charge in [-0.25, -0.2) is 8.42 Å². The van der Waals surface area contributed by atoms with E-state index in [1.807, 2.05) is 0 Å². The summed E-state index contributed by atoms with van der Waals surface area (Å²) in [5, 5.41) is 4.15. The molecular formula is C13H9NO3S. The van der Waals surface area contributed by atoms with Crippen LogP contribution in [0.25, 0.3) is 10.9 Å². The van der Waals surface area contributed by atoms with E-state index in [4.69, 9.17) is 4.52 Å². The van der Waals surface area contributed by atoms with Gasteiger partial charge in [0.15, 0.2) is 0 Å². The van der Waals surface area contributed by atoms with E-state index in [2.05, 4.69) is 5.16 Å². The normalized spacial score (nSPS) is 11.8. The molecule has 0 unspecified atom stereocenters. The van der Waals surface area contributed by atoms with Crippen molar-refractivity contribution >= 4 is 20.7 Å². The third-order valence-electron chi connectivity index (χ3n) is 2.65. The quantitative estimate of drug-likeness (QED) is 0.710. The van der Waals surface area contributed by atoms with Crippen LogP contribution in [-0.2, 0) is 9.84 Å². The standard InChI is InChI=1S/C13H9NO3S/c15-18(16,10-6-2-1-3-7-10)13-11-8-4-5-9-12(11)14-17-13/h1-9H. The molecule has 4 nitrogen and oxygen atoms in total. The van der Waals surface area contributed by atoms with Crippen molar-refractivity contribution in [1.29, 1.82) is 0 Å². The summed E-state index contributed by atoms with van der Waals surface area (Å²) in [6.07, 6.45) is 0. The molecule has 2 aromatic carbocycles. The van der Waals surface area contributed by atoms with Crippen LogP contribution in [0.15, 0.2) is 69.1 Å². The van der Waals surface area contributed by atoms with Crippen molar-refractivity contribution in [2.24, 2.45) is 0 Å². The average molecular weight is 259 g/mol. The van der Waals surface area contributed by atoms with Crippen molar-refractivity contribution in [3.63, 3.8) is 0 Å². The molecule has 0 atom stereocenters. The molecule has 0 radical (unpaired) electrons. The van der Waals surface area contributed by atoms with Crippen molar-refractivity contribution in [1.82, 2.24) is 5.16 Å². The smallest absolute Gasteiger partial charge is 0.263 e. The molecule has 0 amide bonds. The van der Waals surface area contributed by atoms with Crippen LogP contribution in [0.2, 0.25) is 0 Å². The summed E-state index contributed by atoms with van der Waals surface area (Å²) >= 11 is 0. The van der Waals surface area contributed by atoms with Gasteiger partial charge in [0.1, 0.15) is 5.52 Å². The van der Waals surface area contributed by atoms with Gasteiger partial charge in [-0.05, 0) is 24.3 Å². The number of nitrogens with zero attached hydrogens (tertiary/aromatic N) is 1. The first-order chi connectivity index (χ1) is 8.69. The maximum atomic E-state index is 12.4. The minimum Gasteiger partial charge on any atom is -0.343 e. The van der Waals surface area contributed by atoms with Crippen LogP contribution in [0, 0.1) is 0 Å². The molecule has 5 heteroatoms. The van der Waals surface area contributed by atoms with Crippen molar-refractivity contribution < 1.29 is 12.9 Å². The number of hydrogen-bond donors (Lipinski definition) is 0. The van der Waals surface area contributed by atoms with Crippen molar-refractivity contribution in [3.8, 4) is 0 Å². The van der Waals surface area contributed by atoms with Gasteiger partial charge in [-0.3, -0.25) is 0 Å². The molecule has 0 N–H and O–H groups in total. The molecule has 18 heavy (non-hydrogen) atoms. The highest BCUT2D eigenvalue weighted by atomic mass is 32.2. The second-order valence-corrected chi connectivity index (χ2v) is 5.65. The molecule has 0 aliphatic rings. The van der Waals surface area contributed by atoms with Gasteiger partial charge < -0.3 is 4.52 Å². The lowest BCUT2D eigenvalue weighted by Crippen LogP contribution is -2.00. The Kier molecular flexibility index (Phi) is 2.41. The fourth-order valence-electron chi connectivity index (χ4n) is 1.77. The Hall–Kier alpha value is -2.14. The third kappa shape index (κ3) is 1.60. The van der Waals surface area contributed by atoms with Crippen molar-refractivity contribution in [2.45, 2.75) is 9.99 Å². The lowest BCUT2D eigenvalue weighted by molar-refractivity contribution is 0.347. The summed E-state index contributed by atoms with van der Waals surface area (Å²) in [6, 6.07) is 15.1. The zero-order valence-corrected chi connectivity index (χ0v) is 10.1. The third-order valence-corrected chi connectivity index (χ3v) is 4.32. The minimum absolute atomic E-state index is 0.107. The Morgan fingerprint density at radius 2 is 1.56 bits per heavy atom. The van der Waals surface area contributed by atoms with E-state index < -0.39 is 9.84 Å². The largest absolute Gasteiger partial charge is 0.343 e. The van der Waals surface area contributed by atoms with E-state index in [-0.39, 0.29) is 9.99 Å². The fraction of sp³-hybridized carbons (Fsp3) is 0. The van der Waals surface area contributed by atoms with Crippen molar-refractivity contribution in [2.75, 3.05) is 0 Å². The van der Waals surface area contributed by atoms with Crippen LogP contribution >= 0.6 is 0 Å². The fourth-order valence-corrected chi connectivity index (χ4v) is 3.09. The molecule has 0 saturated heterocycles. The minimum atomic E-state index is -3.65. The van der Waals surface area contributed by atoms with Crippen molar-refractivity contribution in [3.05, 3.63) is 54.6 Å². The molecule has 0 aliphatic carbocycles. The molecule has 1 aromatic heterocycles. The molecule has 90 valence electrons. The summed E-state index contributed by atoms with van der Waals surface area (Å²) in [4.78, 5) is 0.201. The van der Waals surface area contributed by atoms with Crippen LogP contribution in [0.1, 0.15) is 0 Å². The molecule has 0 aliphatic heterocycles. The van der Waals surface area contributed by atoms with E-state index >= 15 is 0 Å². The second kappa shape index (κ2) is 3.96. The molecular weight excluding hydrogens is 250 g/mol.